The number of nitrogens with two attached hydrogens (primary N) is 1. The minimum atomic E-state index is -0.292. The molecule has 0 aliphatic carbocycles. The normalized spacial score (nSPS) is 15.6. The molecule has 3 N–H and O–H groups in total. The molecule has 0 bridgehead atoms. The number of oxime groups is 1. The molecule has 0 radical (unpaired) electrons. The Kier molecular flexibility index (Phi) is 3.79. The van der Waals surface area contributed by atoms with Crippen LogP contribution < -0.4 is 5.73 Å². The molecule has 0 aromatic rings. The Labute approximate surface area is 54.3 Å². The number of ether oxygens (including phenoxy) is 1. The molecule has 0 unspecified atom stereocenters. The second-order valence-corrected chi connectivity index (χ2v) is 1.62. The number of hydrogen-bond acceptors (Lipinski definition) is 3. The predicted molar refractivity (Wildman–Crippen MR) is 34.5 cm³/mol. The minimum Gasteiger partial charge on any atom is -0.409 e. The summed E-state index contributed by atoms with van der Waals surface area (Å²) < 4.78 is 4.98. The Balaban J connectivity index is 3.59. The molecule has 0 aliphatic rings. The monoisotopic (exact) mass is 132 g/mol. The van der Waals surface area contributed by atoms with E-state index in [1.165, 1.54) is 0 Å². The van der Waals surface area contributed by atoms with Crippen molar-refractivity contribution in [3.8, 4) is 0 Å². The zero-order valence-corrected chi connectivity index (χ0v) is 5.66. The molecule has 4 heteroatoms. The van der Waals surface area contributed by atoms with Gasteiger partial charge in [0.2, 0.25) is 0 Å². The summed E-state index contributed by atoms with van der Waals surface area (Å²) in [4.78, 5) is 0. The Hall–Kier alpha value is -0.770. The van der Waals surface area contributed by atoms with E-state index in [0.717, 1.165) is 0 Å². The first-order valence-electron chi connectivity index (χ1n) is 2.81. The SMILES string of the molecule is CCO[C@@H](C)/C(N)=N\O. The second kappa shape index (κ2) is 4.14. The van der Waals surface area contributed by atoms with Crippen molar-refractivity contribution in [3.05, 3.63) is 0 Å². The standard InChI is InChI=1S/C5H12N2O2/c1-3-9-4(2)5(6)7-8/h4,8H,3H2,1-2H3,(H2,6,7)/t4-/m0/s1. The molecule has 0 spiro atoms. The van der Waals surface area contributed by atoms with Gasteiger partial charge >= 0.3 is 0 Å². The van der Waals surface area contributed by atoms with Crippen LogP contribution in [-0.4, -0.2) is 23.8 Å². The van der Waals surface area contributed by atoms with Crippen LogP contribution in [0.25, 0.3) is 0 Å². The summed E-state index contributed by atoms with van der Waals surface area (Å²) in [7, 11) is 0. The number of nitrogens with zero attached hydrogens (tertiary/aromatic N) is 1. The fourth-order valence-corrected chi connectivity index (χ4v) is 0.417. The van der Waals surface area contributed by atoms with E-state index in [1.807, 2.05) is 6.92 Å². The molecule has 4 nitrogen and oxygen atoms in total. The first kappa shape index (κ1) is 8.23. The van der Waals surface area contributed by atoms with Gasteiger partial charge in [-0.05, 0) is 13.8 Å². The van der Waals surface area contributed by atoms with Crippen molar-refractivity contribution in [2.75, 3.05) is 6.61 Å². The fraction of sp³-hybridized carbons (Fsp3) is 0.800. The summed E-state index contributed by atoms with van der Waals surface area (Å²) in [6, 6.07) is 0. The van der Waals surface area contributed by atoms with Gasteiger partial charge < -0.3 is 15.7 Å². The maximum absolute atomic E-state index is 8.11. The third-order valence-electron chi connectivity index (χ3n) is 0.949. The zero-order valence-electron chi connectivity index (χ0n) is 5.66. The Morgan fingerprint density at radius 3 is 2.78 bits per heavy atom. The Morgan fingerprint density at radius 2 is 2.44 bits per heavy atom. The Morgan fingerprint density at radius 1 is 1.89 bits per heavy atom. The van der Waals surface area contributed by atoms with Gasteiger partial charge in [0.05, 0.1) is 0 Å². The molecule has 0 rings (SSSR count). The molecule has 1 atom stereocenters. The minimum absolute atomic E-state index is 0.108. The zero-order chi connectivity index (χ0) is 7.28. The van der Waals surface area contributed by atoms with Gasteiger partial charge in [0.25, 0.3) is 0 Å². The molecule has 0 aromatic carbocycles. The van der Waals surface area contributed by atoms with Crippen LogP contribution in [-0.2, 0) is 4.74 Å². The van der Waals surface area contributed by atoms with E-state index in [9.17, 15) is 0 Å². The summed E-state index contributed by atoms with van der Waals surface area (Å²) in [5, 5.41) is 10.9. The lowest BCUT2D eigenvalue weighted by atomic mass is 10.4. The van der Waals surface area contributed by atoms with Gasteiger partial charge in [0, 0.05) is 6.61 Å². The van der Waals surface area contributed by atoms with Crippen LogP contribution in [0.5, 0.6) is 0 Å². The topological polar surface area (TPSA) is 67.8 Å². The molecule has 9 heavy (non-hydrogen) atoms. The maximum Gasteiger partial charge on any atom is 0.168 e. The van der Waals surface area contributed by atoms with Crippen LogP contribution in [0.3, 0.4) is 0 Å². The lowest BCUT2D eigenvalue weighted by Crippen LogP contribution is -2.28. The van der Waals surface area contributed by atoms with Crippen molar-refractivity contribution < 1.29 is 9.94 Å². The molecular weight excluding hydrogens is 120 g/mol. The highest BCUT2D eigenvalue weighted by atomic mass is 16.5. The second-order valence-electron chi connectivity index (χ2n) is 1.62. The average molecular weight is 132 g/mol. The molecule has 0 fully saturated rings. The van der Waals surface area contributed by atoms with E-state index >= 15 is 0 Å². The summed E-state index contributed by atoms with van der Waals surface area (Å²) >= 11 is 0. The number of amidine groups is 1. The average Bonchev–Trinajstić information content (AvgIpc) is 1.87. The van der Waals surface area contributed by atoms with Crippen molar-refractivity contribution in [3.63, 3.8) is 0 Å². The molecular formula is C5H12N2O2. The summed E-state index contributed by atoms with van der Waals surface area (Å²) in [6.45, 7) is 4.14. The van der Waals surface area contributed by atoms with E-state index in [0.29, 0.717) is 6.61 Å². The first-order valence-corrected chi connectivity index (χ1v) is 2.81. The van der Waals surface area contributed by atoms with Gasteiger partial charge in [-0.1, -0.05) is 5.16 Å². The third kappa shape index (κ3) is 2.92. The van der Waals surface area contributed by atoms with E-state index < -0.39 is 0 Å². The molecule has 0 amide bonds. The van der Waals surface area contributed by atoms with Crippen LogP contribution in [0, 0.1) is 0 Å². The van der Waals surface area contributed by atoms with E-state index in [1.54, 1.807) is 6.92 Å². The highest BCUT2D eigenvalue weighted by molar-refractivity contribution is 5.83. The Bertz CT molecular complexity index is 103. The van der Waals surface area contributed by atoms with E-state index in [-0.39, 0.29) is 11.9 Å². The summed E-state index contributed by atoms with van der Waals surface area (Å²) in [5.41, 5.74) is 5.18. The molecule has 0 aliphatic heterocycles. The third-order valence-corrected chi connectivity index (χ3v) is 0.949. The predicted octanol–water partition coefficient (Wildman–Crippen LogP) is 0.158. The van der Waals surface area contributed by atoms with Gasteiger partial charge in [-0.2, -0.15) is 0 Å². The molecule has 54 valence electrons. The molecule has 0 saturated heterocycles. The van der Waals surface area contributed by atoms with Gasteiger partial charge in [0.15, 0.2) is 5.84 Å². The van der Waals surface area contributed by atoms with Gasteiger partial charge in [-0.3, -0.25) is 0 Å². The molecule has 0 saturated carbocycles. The van der Waals surface area contributed by atoms with Crippen molar-refractivity contribution in [2.24, 2.45) is 10.9 Å². The summed E-state index contributed by atoms with van der Waals surface area (Å²) in [6.07, 6.45) is -0.292. The van der Waals surface area contributed by atoms with Crippen LogP contribution >= 0.6 is 0 Å². The van der Waals surface area contributed by atoms with Crippen LogP contribution in [0.4, 0.5) is 0 Å². The van der Waals surface area contributed by atoms with Gasteiger partial charge in [-0.25, -0.2) is 0 Å². The van der Waals surface area contributed by atoms with E-state index in [4.69, 9.17) is 15.7 Å². The highest BCUT2D eigenvalue weighted by Gasteiger charge is 2.04. The maximum atomic E-state index is 8.11. The van der Waals surface area contributed by atoms with E-state index in [2.05, 4.69) is 5.16 Å². The van der Waals surface area contributed by atoms with Gasteiger partial charge in [0.1, 0.15) is 6.10 Å². The lowest BCUT2D eigenvalue weighted by molar-refractivity contribution is 0.118. The van der Waals surface area contributed by atoms with Crippen molar-refractivity contribution in [1.82, 2.24) is 0 Å². The largest absolute Gasteiger partial charge is 0.409 e. The first-order chi connectivity index (χ1) is 4.22. The van der Waals surface area contributed by atoms with Crippen molar-refractivity contribution in [2.45, 2.75) is 20.0 Å². The van der Waals surface area contributed by atoms with Crippen LogP contribution in [0.2, 0.25) is 0 Å². The lowest BCUT2D eigenvalue weighted by Gasteiger charge is -2.07. The molecule has 0 heterocycles. The fourth-order valence-electron chi connectivity index (χ4n) is 0.417. The number of rotatable bonds is 3. The van der Waals surface area contributed by atoms with Gasteiger partial charge in [-0.15, -0.1) is 0 Å². The smallest absolute Gasteiger partial charge is 0.168 e. The van der Waals surface area contributed by atoms with Crippen molar-refractivity contribution in [1.29, 1.82) is 0 Å². The highest BCUT2D eigenvalue weighted by Crippen LogP contribution is 1.88. The number of hydrogen-bond donors (Lipinski definition) is 2. The van der Waals surface area contributed by atoms with Crippen molar-refractivity contribution >= 4 is 5.84 Å². The quantitative estimate of drug-likeness (QED) is 0.249. The van der Waals surface area contributed by atoms with Crippen LogP contribution in [0.1, 0.15) is 13.8 Å². The summed E-state index contributed by atoms with van der Waals surface area (Å²) in [5.74, 6) is 0.108. The molecule has 0 aromatic heterocycles. The van der Waals surface area contributed by atoms with Crippen LogP contribution in [0.15, 0.2) is 5.16 Å².